The first-order valence-electron chi connectivity index (χ1n) is 9.22. The fraction of sp³-hybridized carbons (Fsp3) is 0.400. The molecule has 8 heteroatoms. The molecule has 2 aromatic rings. The quantitative estimate of drug-likeness (QED) is 0.766. The fourth-order valence-corrected chi connectivity index (χ4v) is 4.13. The predicted molar refractivity (Wildman–Crippen MR) is 104 cm³/mol. The number of furan rings is 1. The summed E-state index contributed by atoms with van der Waals surface area (Å²) in [6.45, 7) is 5.73. The van der Waals surface area contributed by atoms with E-state index in [2.05, 4.69) is 0 Å². The first-order valence-corrected chi connectivity index (χ1v) is 10.5. The van der Waals surface area contributed by atoms with Crippen molar-refractivity contribution in [1.82, 2.24) is 9.80 Å². The second kappa shape index (κ2) is 9.05. The van der Waals surface area contributed by atoms with Gasteiger partial charge in [-0.15, -0.1) is 0 Å². The van der Waals surface area contributed by atoms with Crippen LogP contribution in [0.4, 0.5) is 4.79 Å². The summed E-state index contributed by atoms with van der Waals surface area (Å²) in [6.07, 6.45) is -0.353. The first kappa shape index (κ1) is 20.1. The Labute approximate surface area is 166 Å². The van der Waals surface area contributed by atoms with E-state index in [-0.39, 0.29) is 23.5 Å². The van der Waals surface area contributed by atoms with Gasteiger partial charge >= 0.3 is 6.09 Å². The number of amides is 2. The summed E-state index contributed by atoms with van der Waals surface area (Å²) in [5.74, 6) is 0.721. The number of piperazine rings is 1. The maximum absolute atomic E-state index is 12.6. The standard InChI is InChI=1S/C20H24N2O5S/c1-3-26-20(24)22-11-9-21(10-12-22)19(23)18-8-7-16(27-18)14-28(25)17-6-4-5-15(2)13-17/h4-8,13H,3,9-12,14H2,1-2H3. The Morgan fingerprint density at radius 2 is 1.82 bits per heavy atom. The lowest BCUT2D eigenvalue weighted by Crippen LogP contribution is -2.50. The van der Waals surface area contributed by atoms with Gasteiger partial charge in [0.1, 0.15) is 5.76 Å². The first-order chi connectivity index (χ1) is 13.5. The molecule has 150 valence electrons. The molecule has 0 saturated carbocycles. The van der Waals surface area contributed by atoms with Gasteiger partial charge in [0.05, 0.1) is 23.2 Å². The van der Waals surface area contributed by atoms with Crippen LogP contribution in [0.25, 0.3) is 0 Å². The zero-order valence-electron chi connectivity index (χ0n) is 16.1. The summed E-state index contributed by atoms with van der Waals surface area (Å²) in [5, 5.41) is 0. The zero-order valence-corrected chi connectivity index (χ0v) is 16.9. The van der Waals surface area contributed by atoms with Gasteiger partial charge in [0.2, 0.25) is 0 Å². The van der Waals surface area contributed by atoms with E-state index in [4.69, 9.17) is 9.15 Å². The molecule has 7 nitrogen and oxygen atoms in total. The van der Waals surface area contributed by atoms with Crippen molar-refractivity contribution in [3.63, 3.8) is 0 Å². The van der Waals surface area contributed by atoms with Crippen LogP contribution < -0.4 is 0 Å². The van der Waals surface area contributed by atoms with E-state index in [1.165, 1.54) is 0 Å². The van der Waals surface area contributed by atoms with Crippen molar-refractivity contribution in [2.45, 2.75) is 24.5 Å². The molecule has 0 N–H and O–H groups in total. The van der Waals surface area contributed by atoms with Crippen LogP contribution in [-0.2, 0) is 21.3 Å². The molecule has 1 aliphatic heterocycles. The fourth-order valence-electron chi connectivity index (χ4n) is 3.00. The minimum Gasteiger partial charge on any atom is -0.455 e. The summed E-state index contributed by atoms with van der Waals surface area (Å²) in [7, 11) is -1.24. The Balaban J connectivity index is 1.57. The molecule has 1 atom stereocenters. The Hall–Kier alpha value is -2.61. The molecule has 1 aliphatic rings. The molecule has 1 aromatic heterocycles. The molecular formula is C20H24N2O5S. The number of benzene rings is 1. The highest BCUT2D eigenvalue weighted by Gasteiger charge is 2.27. The van der Waals surface area contributed by atoms with Crippen LogP contribution in [0, 0.1) is 6.92 Å². The van der Waals surface area contributed by atoms with Crippen LogP contribution in [0.2, 0.25) is 0 Å². The molecule has 0 bridgehead atoms. The second-order valence-corrected chi connectivity index (χ2v) is 8.00. The SMILES string of the molecule is CCOC(=O)N1CCN(C(=O)c2ccc(CS(=O)c3cccc(C)c3)o2)CC1. The molecule has 1 saturated heterocycles. The van der Waals surface area contributed by atoms with E-state index in [0.29, 0.717) is 38.5 Å². The lowest BCUT2D eigenvalue weighted by Gasteiger charge is -2.33. The molecule has 28 heavy (non-hydrogen) atoms. The van der Waals surface area contributed by atoms with E-state index in [9.17, 15) is 13.8 Å². The number of carbonyl (C=O) groups is 2. The zero-order chi connectivity index (χ0) is 20.1. The monoisotopic (exact) mass is 404 g/mol. The predicted octanol–water partition coefficient (Wildman–Crippen LogP) is 2.81. The Bertz CT molecular complexity index is 871. The summed E-state index contributed by atoms with van der Waals surface area (Å²) in [6, 6.07) is 10.8. The van der Waals surface area contributed by atoms with E-state index >= 15 is 0 Å². The lowest BCUT2D eigenvalue weighted by molar-refractivity contribution is 0.0545. The average Bonchev–Trinajstić information content (AvgIpc) is 3.16. The van der Waals surface area contributed by atoms with Gasteiger partial charge in [0.25, 0.3) is 5.91 Å². The number of hydrogen-bond acceptors (Lipinski definition) is 5. The van der Waals surface area contributed by atoms with Crippen LogP contribution in [-0.4, -0.2) is 58.8 Å². The van der Waals surface area contributed by atoms with Gasteiger partial charge in [-0.3, -0.25) is 9.00 Å². The van der Waals surface area contributed by atoms with Crippen LogP contribution in [0.5, 0.6) is 0 Å². The summed E-state index contributed by atoms with van der Waals surface area (Å²) < 4.78 is 23.1. The van der Waals surface area contributed by atoms with Crippen LogP contribution >= 0.6 is 0 Å². The Morgan fingerprint density at radius 1 is 1.11 bits per heavy atom. The normalized spacial score (nSPS) is 15.4. The average molecular weight is 404 g/mol. The smallest absolute Gasteiger partial charge is 0.409 e. The number of ether oxygens (including phenoxy) is 1. The lowest BCUT2D eigenvalue weighted by atomic mass is 10.2. The van der Waals surface area contributed by atoms with Gasteiger partial charge in [0.15, 0.2) is 5.76 Å². The summed E-state index contributed by atoms with van der Waals surface area (Å²) in [4.78, 5) is 28.4. The minimum atomic E-state index is -1.24. The summed E-state index contributed by atoms with van der Waals surface area (Å²) >= 11 is 0. The molecule has 3 rings (SSSR count). The molecule has 1 aromatic carbocycles. The number of carbonyl (C=O) groups excluding carboxylic acids is 2. The Kier molecular flexibility index (Phi) is 6.51. The molecular weight excluding hydrogens is 380 g/mol. The third-order valence-corrected chi connectivity index (χ3v) is 5.82. The molecule has 0 spiro atoms. The molecule has 2 amide bonds. The van der Waals surface area contributed by atoms with Crippen molar-refractivity contribution < 1.29 is 23.0 Å². The van der Waals surface area contributed by atoms with Crippen molar-refractivity contribution in [3.8, 4) is 0 Å². The molecule has 1 unspecified atom stereocenters. The highest BCUT2D eigenvalue weighted by Crippen LogP contribution is 2.18. The van der Waals surface area contributed by atoms with Crippen molar-refractivity contribution in [2.24, 2.45) is 0 Å². The number of nitrogens with zero attached hydrogens (tertiary/aromatic N) is 2. The van der Waals surface area contributed by atoms with Gasteiger partial charge in [-0.25, -0.2) is 4.79 Å². The van der Waals surface area contributed by atoms with Gasteiger partial charge in [-0.1, -0.05) is 12.1 Å². The van der Waals surface area contributed by atoms with Crippen molar-refractivity contribution in [2.75, 3.05) is 32.8 Å². The van der Waals surface area contributed by atoms with Crippen molar-refractivity contribution >= 4 is 22.8 Å². The molecule has 0 radical (unpaired) electrons. The third-order valence-electron chi connectivity index (χ3n) is 4.49. The molecule has 0 aliphatic carbocycles. The van der Waals surface area contributed by atoms with Crippen LogP contribution in [0.3, 0.4) is 0 Å². The molecule has 1 fully saturated rings. The van der Waals surface area contributed by atoms with E-state index in [0.717, 1.165) is 10.5 Å². The van der Waals surface area contributed by atoms with Gasteiger partial charge < -0.3 is 19.0 Å². The van der Waals surface area contributed by atoms with Crippen molar-refractivity contribution in [1.29, 1.82) is 0 Å². The van der Waals surface area contributed by atoms with E-state index in [1.807, 2.05) is 31.2 Å². The minimum absolute atomic E-state index is 0.216. The summed E-state index contributed by atoms with van der Waals surface area (Å²) in [5.41, 5.74) is 1.04. The van der Waals surface area contributed by atoms with E-state index < -0.39 is 10.8 Å². The second-order valence-electron chi connectivity index (χ2n) is 6.55. The maximum atomic E-state index is 12.6. The van der Waals surface area contributed by atoms with Gasteiger partial charge in [-0.2, -0.15) is 0 Å². The highest BCUT2D eigenvalue weighted by atomic mass is 32.2. The van der Waals surface area contributed by atoms with Crippen molar-refractivity contribution in [3.05, 3.63) is 53.5 Å². The highest BCUT2D eigenvalue weighted by molar-refractivity contribution is 7.84. The maximum Gasteiger partial charge on any atom is 0.409 e. The van der Waals surface area contributed by atoms with Gasteiger partial charge in [-0.05, 0) is 43.7 Å². The largest absolute Gasteiger partial charge is 0.455 e. The van der Waals surface area contributed by atoms with Gasteiger partial charge in [0, 0.05) is 31.1 Å². The van der Waals surface area contributed by atoms with Crippen LogP contribution in [0.1, 0.15) is 28.8 Å². The third kappa shape index (κ3) is 4.81. The number of hydrogen-bond donors (Lipinski definition) is 0. The number of aryl methyl sites for hydroxylation is 1. The van der Waals surface area contributed by atoms with E-state index in [1.54, 1.807) is 28.9 Å². The van der Waals surface area contributed by atoms with Crippen LogP contribution in [0.15, 0.2) is 45.7 Å². The topological polar surface area (TPSA) is 80.1 Å². The Morgan fingerprint density at radius 3 is 2.50 bits per heavy atom. The molecule has 2 heterocycles. The number of rotatable bonds is 5.